The fraction of sp³-hybridized carbons (Fsp3) is 0.235. The van der Waals surface area contributed by atoms with Gasteiger partial charge in [0.15, 0.2) is 0 Å². The number of ether oxygens (including phenoxy) is 1. The van der Waals surface area contributed by atoms with Crippen molar-refractivity contribution >= 4 is 27.5 Å². The number of methoxy groups -OCH3 is 1. The van der Waals surface area contributed by atoms with Crippen LogP contribution in [0.1, 0.15) is 18.4 Å². The van der Waals surface area contributed by atoms with Crippen molar-refractivity contribution in [2.45, 2.75) is 19.3 Å². The average molecular weight is 348 g/mol. The van der Waals surface area contributed by atoms with E-state index in [-0.39, 0.29) is 5.91 Å². The number of carbonyl (C=O) groups is 1. The van der Waals surface area contributed by atoms with Crippen LogP contribution in [0.4, 0.5) is 5.69 Å². The van der Waals surface area contributed by atoms with Gasteiger partial charge in [-0.2, -0.15) is 0 Å². The Hall–Kier alpha value is -1.81. The van der Waals surface area contributed by atoms with Gasteiger partial charge in [-0.15, -0.1) is 0 Å². The minimum absolute atomic E-state index is 0.0471. The van der Waals surface area contributed by atoms with Crippen molar-refractivity contribution in [3.8, 4) is 5.75 Å². The zero-order chi connectivity index (χ0) is 15.1. The number of rotatable bonds is 6. The third kappa shape index (κ3) is 5.23. The molecule has 0 bridgehead atoms. The topological polar surface area (TPSA) is 38.3 Å². The van der Waals surface area contributed by atoms with E-state index in [1.807, 2.05) is 48.5 Å². The Bertz CT molecular complexity index is 579. The zero-order valence-corrected chi connectivity index (χ0v) is 13.5. The Balaban J connectivity index is 1.74. The van der Waals surface area contributed by atoms with E-state index >= 15 is 0 Å². The SMILES string of the molecule is COc1ccc(CCCC(=O)Nc2ccc(Br)cc2)cc1. The van der Waals surface area contributed by atoms with Crippen LogP contribution in [-0.4, -0.2) is 13.0 Å². The molecule has 0 saturated carbocycles. The number of aryl methyl sites for hydroxylation is 1. The van der Waals surface area contributed by atoms with Crippen LogP contribution in [0.15, 0.2) is 53.0 Å². The molecule has 110 valence electrons. The van der Waals surface area contributed by atoms with E-state index in [9.17, 15) is 4.79 Å². The third-order valence-electron chi connectivity index (χ3n) is 3.16. The summed E-state index contributed by atoms with van der Waals surface area (Å²) in [5.74, 6) is 0.901. The molecule has 0 aliphatic heterocycles. The highest BCUT2D eigenvalue weighted by molar-refractivity contribution is 9.10. The number of carbonyl (C=O) groups excluding carboxylic acids is 1. The van der Waals surface area contributed by atoms with Gasteiger partial charge in [0.1, 0.15) is 5.75 Å². The van der Waals surface area contributed by atoms with E-state index in [1.165, 1.54) is 5.56 Å². The lowest BCUT2D eigenvalue weighted by atomic mass is 10.1. The van der Waals surface area contributed by atoms with Crippen molar-refractivity contribution in [2.24, 2.45) is 0 Å². The van der Waals surface area contributed by atoms with E-state index in [0.29, 0.717) is 6.42 Å². The highest BCUT2D eigenvalue weighted by Crippen LogP contribution is 2.15. The van der Waals surface area contributed by atoms with Crippen molar-refractivity contribution < 1.29 is 9.53 Å². The predicted octanol–water partition coefficient (Wildman–Crippen LogP) is 4.42. The molecule has 0 aromatic heterocycles. The summed E-state index contributed by atoms with van der Waals surface area (Å²) in [6, 6.07) is 15.5. The zero-order valence-electron chi connectivity index (χ0n) is 11.9. The van der Waals surface area contributed by atoms with Crippen LogP contribution in [-0.2, 0) is 11.2 Å². The number of benzene rings is 2. The van der Waals surface area contributed by atoms with Gasteiger partial charge in [-0.05, 0) is 54.8 Å². The van der Waals surface area contributed by atoms with Crippen molar-refractivity contribution in [1.29, 1.82) is 0 Å². The summed E-state index contributed by atoms with van der Waals surface area (Å²) in [4.78, 5) is 11.8. The highest BCUT2D eigenvalue weighted by Gasteiger charge is 2.03. The maximum absolute atomic E-state index is 11.8. The number of amides is 1. The van der Waals surface area contributed by atoms with Gasteiger partial charge in [-0.1, -0.05) is 28.1 Å². The van der Waals surface area contributed by atoms with Crippen molar-refractivity contribution in [3.05, 3.63) is 58.6 Å². The van der Waals surface area contributed by atoms with Crippen LogP contribution in [0.5, 0.6) is 5.75 Å². The molecule has 0 aliphatic carbocycles. The normalized spacial score (nSPS) is 10.2. The first-order chi connectivity index (χ1) is 10.2. The molecule has 0 fully saturated rings. The lowest BCUT2D eigenvalue weighted by molar-refractivity contribution is -0.116. The van der Waals surface area contributed by atoms with Gasteiger partial charge in [0.25, 0.3) is 0 Å². The van der Waals surface area contributed by atoms with Gasteiger partial charge < -0.3 is 10.1 Å². The quantitative estimate of drug-likeness (QED) is 0.839. The number of anilines is 1. The molecule has 0 radical (unpaired) electrons. The van der Waals surface area contributed by atoms with Gasteiger partial charge in [-0.25, -0.2) is 0 Å². The van der Waals surface area contributed by atoms with Gasteiger partial charge in [0.2, 0.25) is 5.91 Å². The molecule has 0 spiro atoms. The second kappa shape index (κ2) is 7.84. The summed E-state index contributed by atoms with van der Waals surface area (Å²) in [6.45, 7) is 0. The Morgan fingerprint density at radius 3 is 2.38 bits per heavy atom. The second-order valence-electron chi connectivity index (χ2n) is 4.76. The largest absolute Gasteiger partial charge is 0.497 e. The summed E-state index contributed by atoms with van der Waals surface area (Å²) < 4.78 is 6.12. The summed E-state index contributed by atoms with van der Waals surface area (Å²) in [5, 5.41) is 2.89. The Morgan fingerprint density at radius 2 is 1.76 bits per heavy atom. The molecule has 21 heavy (non-hydrogen) atoms. The lowest BCUT2D eigenvalue weighted by Gasteiger charge is -2.06. The molecular formula is C17H18BrNO2. The average Bonchev–Trinajstić information content (AvgIpc) is 2.50. The maximum Gasteiger partial charge on any atom is 0.224 e. The van der Waals surface area contributed by atoms with Crippen LogP contribution in [0.2, 0.25) is 0 Å². The Labute approximate surface area is 133 Å². The van der Waals surface area contributed by atoms with E-state index in [2.05, 4.69) is 21.2 Å². The number of nitrogens with one attached hydrogen (secondary N) is 1. The highest BCUT2D eigenvalue weighted by atomic mass is 79.9. The van der Waals surface area contributed by atoms with Crippen molar-refractivity contribution in [3.63, 3.8) is 0 Å². The minimum Gasteiger partial charge on any atom is -0.497 e. The molecule has 1 N–H and O–H groups in total. The predicted molar refractivity (Wildman–Crippen MR) is 88.7 cm³/mol. The minimum atomic E-state index is 0.0471. The van der Waals surface area contributed by atoms with Gasteiger partial charge in [0.05, 0.1) is 7.11 Å². The summed E-state index contributed by atoms with van der Waals surface area (Å²) in [7, 11) is 1.65. The molecule has 2 rings (SSSR count). The van der Waals surface area contributed by atoms with Gasteiger partial charge in [0, 0.05) is 16.6 Å². The van der Waals surface area contributed by atoms with Crippen LogP contribution in [0, 0.1) is 0 Å². The molecule has 2 aromatic rings. The van der Waals surface area contributed by atoms with Crippen LogP contribution in [0.25, 0.3) is 0 Å². The first-order valence-electron chi connectivity index (χ1n) is 6.86. The van der Waals surface area contributed by atoms with Crippen LogP contribution in [0.3, 0.4) is 0 Å². The smallest absolute Gasteiger partial charge is 0.224 e. The second-order valence-corrected chi connectivity index (χ2v) is 5.67. The van der Waals surface area contributed by atoms with E-state index in [0.717, 1.165) is 28.8 Å². The fourth-order valence-corrected chi connectivity index (χ4v) is 2.27. The molecular weight excluding hydrogens is 330 g/mol. The van der Waals surface area contributed by atoms with Crippen molar-refractivity contribution in [2.75, 3.05) is 12.4 Å². The van der Waals surface area contributed by atoms with Crippen LogP contribution >= 0.6 is 15.9 Å². The van der Waals surface area contributed by atoms with E-state index in [1.54, 1.807) is 7.11 Å². The number of hydrogen-bond donors (Lipinski definition) is 1. The Kier molecular flexibility index (Phi) is 5.81. The van der Waals surface area contributed by atoms with E-state index < -0.39 is 0 Å². The summed E-state index contributed by atoms with van der Waals surface area (Å²) in [6.07, 6.45) is 2.23. The molecule has 0 unspecified atom stereocenters. The molecule has 2 aromatic carbocycles. The van der Waals surface area contributed by atoms with Crippen molar-refractivity contribution in [1.82, 2.24) is 0 Å². The molecule has 0 atom stereocenters. The van der Waals surface area contributed by atoms with Crippen LogP contribution < -0.4 is 10.1 Å². The third-order valence-corrected chi connectivity index (χ3v) is 3.68. The molecule has 1 amide bonds. The number of hydrogen-bond acceptors (Lipinski definition) is 2. The van der Waals surface area contributed by atoms with Gasteiger partial charge in [-0.3, -0.25) is 4.79 Å². The molecule has 0 heterocycles. The lowest BCUT2D eigenvalue weighted by Crippen LogP contribution is -2.11. The monoisotopic (exact) mass is 347 g/mol. The fourth-order valence-electron chi connectivity index (χ4n) is 2.00. The first kappa shape index (κ1) is 15.6. The first-order valence-corrected chi connectivity index (χ1v) is 7.65. The van der Waals surface area contributed by atoms with Gasteiger partial charge >= 0.3 is 0 Å². The molecule has 0 saturated heterocycles. The molecule has 4 heteroatoms. The summed E-state index contributed by atoms with van der Waals surface area (Å²) in [5.41, 5.74) is 2.04. The molecule has 3 nitrogen and oxygen atoms in total. The number of halogens is 1. The maximum atomic E-state index is 11.8. The summed E-state index contributed by atoms with van der Waals surface area (Å²) >= 11 is 3.37. The Morgan fingerprint density at radius 1 is 1.10 bits per heavy atom. The van der Waals surface area contributed by atoms with E-state index in [4.69, 9.17) is 4.74 Å². The standard InChI is InChI=1S/C17H18BrNO2/c1-21-16-11-5-13(6-12-16)3-2-4-17(20)19-15-9-7-14(18)8-10-15/h5-12H,2-4H2,1H3,(H,19,20). The molecule has 0 aliphatic rings.